The Kier molecular flexibility index (Phi) is 6.98. The van der Waals surface area contributed by atoms with Crippen LogP contribution >= 0.6 is 0 Å². The molecule has 0 aromatic rings. The summed E-state index contributed by atoms with van der Waals surface area (Å²) in [4.78, 5) is 22.5. The van der Waals surface area contributed by atoms with Crippen molar-refractivity contribution in [3.8, 4) is 0 Å². The van der Waals surface area contributed by atoms with E-state index < -0.39 is 16.8 Å². The van der Waals surface area contributed by atoms with Crippen molar-refractivity contribution in [1.29, 1.82) is 0 Å². The van der Waals surface area contributed by atoms with Crippen LogP contribution in [0.25, 0.3) is 0 Å². The number of rotatable bonds is 6. The smallest absolute Gasteiger partial charge is 0.315 e. The molecule has 0 aromatic heterocycles. The van der Waals surface area contributed by atoms with Crippen LogP contribution in [-0.2, 0) is 15.6 Å². The van der Waals surface area contributed by atoms with Crippen molar-refractivity contribution in [1.82, 2.24) is 10.6 Å². The maximum Gasteiger partial charge on any atom is 0.315 e. The van der Waals surface area contributed by atoms with Gasteiger partial charge in [-0.3, -0.25) is 9.00 Å². The molecule has 0 saturated heterocycles. The Morgan fingerprint density at radius 2 is 1.90 bits per heavy atom. The molecule has 0 heterocycles. The van der Waals surface area contributed by atoms with Gasteiger partial charge in [0, 0.05) is 35.4 Å². The lowest BCUT2D eigenvalue weighted by Crippen LogP contribution is -2.44. The van der Waals surface area contributed by atoms with Crippen molar-refractivity contribution in [2.45, 2.75) is 38.6 Å². The van der Waals surface area contributed by atoms with Crippen LogP contribution in [0, 0.1) is 11.8 Å². The number of carboxylic acids is 1. The van der Waals surface area contributed by atoms with Gasteiger partial charge >= 0.3 is 12.0 Å². The largest absolute Gasteiger partial charge is 0.481 e. The van der Waals surface area contributed by atoms with Gasteiger partial charge in [0.25, 0.3) is 0 Å². The minimum atomic E-state index is -0.927. The quantitative estimate of drug-likeness (QED) is 0.680. The fourth-order valence-electron chi connectivity index (χ4n) is 2.52. The van der Waals surface area contributed by atoms with Gasteiger partial charge in [-0.05, 0) is 38.5 Å². The van der Waals surface area contributed by atoms with Crippen LogP contribution in [0.1, 0.15) is 32.6 Å². The number of carbonyl (C=O) groups excluding carboxylic acids is 1. The molecular formula is C13H24N2O4S. The molecule has 2 unspecified atom stereocenters. The number of carbonyl (C=O) groups is 2. The zero-order chi connectivity index (χ0) is 15.1. The number of aliphatic carboxylic acids is 1. The van der Waals surface area contributed by atoms with E-state index in [1.165, 1.54) is 0 Å². The van der Waals surface area contributed by atoms with Crippen molar-refractivity contribution >= 4 is 22.8 Å². The van der Waals surface area contributed by atoms with Crippen LogP contribution in [0.2, 0.25) is 0 Å². The molecule has 20 heavy (non-hydrogen) atoms. The van der Waals surface area contributed by atoms with Crippen molar-refractivity contribution in [2.24, 2.45) is 11.8 Å². The van der Waals surface area contributed by atoms with Gasteiger partial charge in [-0.15, -0.1) is 0 Å². The third kappa shape index (κ3) is 6.36. The monoisotopic (exact) mass is 304 g/mol. The van der Waals surface area contributed by atoms with E-state index in [0.717, 1.165) is 12.8 Å². The molecule has 7 heteroatoms. The van der Waals surface area contributed by atoms with Gasteiger partial charge in [-0.2, -0.15) is 0 Å². The van der Waals surface area contributed by atoms with E-state index in [2.05, 4.69) is 10.6 Å². The summed E-state index contributed by atoms with van der Waals surface area (Å²) in [6, 6.07) is -0.369. The third-order valence-corrected chi connectivity index (χ3v) is 4.58. The topological polar surface area (TPSA) is 95.5 Å². The van der Waals surface area contributed by atoms with Crippen LogP contribution in [0.4, 0.5) is 4.79 Å². The van der Waals surface area contributed by atoms with E-state index in [4.69, 9.17) is 5.11 Å². The molecule has 3 N–H and O–H groups in total. The highest BCUT2D eigenvalue weighted by Gasteiger charge is 2.26. The van der Waals surface area contributed by atoms with Crippen molar-refractivity contribution in [3.63, 3.8) is 0 Å². The second-order valence-corrected chi connectivity index (χ2v) is 7.03. The van der Waals surface area contributed by atoms with E-state index >= 15 is 0 Å². The Morgan fingerprint density at radius 1 is 1.30 bits per heavy atom. The molecule has 6 nitrogen and oxygen atoms in total. The summed E-state index contributed by atoms with van der Waals surface area (Å²) < 4.78 is 11.0. The summed E-state index contributed by atoms with van der Waals surface area (Å²) >= 11 is 0. The molecule has 0 spiro atoms. The van der Waals surface area contributed by atoms with E-state index in [-0.39, 0.29) is 18.0 Å². The van der Waals surface area contributed by atoms with Crippen LogP contribution in [0.3, 0.4) is 0 Å². The molecule has 1 fully saturated rings. The molecule has 0 aromatic carbocycles. The second-order valence-electron chi connectivity index (χ2n) is 5.55. The highest BCUT2D eigenvalue weighted by atomic mass is 32.2. The summed E-state index contributed by atoms with van der Waals surface area (Å²) in [5.41, 5.74) is 0. The average Bonchev–Trinajstić information content (AvgIpc) is 2.35. The molecule has 2 amide bonds. The van der Waals surface area contributed by atoms with Crippen molar-refractivity contribution < 1.29 is 18.9 Å². The van der Waals surface area contributed by atoms with Gasteiger partial charge < -0.3 is 15.7 Å². The van der Waals surface area contributed by atoms with Gasteiger partial charge in [0.1, 0.15) is 0 Å². The first-order valence-electron chi connectivity index (χ1n) is 6.95. The lowest BCUT2D eigenvalue weighted by atomic mass is 9.82. The SMILES string of the molecule is CC(CS(C)=O)NC(=O)NCC1CCC(C(=O)O)CC1. The Morgan fingerprint density at radius 3 is 2.40 bits per heavy atom. The second kappa shape index (κ2) is 8.24. The molecule has 0 bridgehead atoms. The van der Waals surface area contributed by atoms with Crippen LogP contribution in [-0.4, -0.2) is 45.9 Å². The summed E-state index contributed by atoms with van der Waals surface area (Å²) in [7, 11) is -0.927. The predicted molar refractivity (Wildman–Crippen MR) is 78.0 cm³/mol. The van der Waals surface area contributed by atoms with Crippen LogP contribution in [0.5, 0.6) is 0 Å². The molecule has 116 valence electrons. The first-order valence-corrected chi connectivity index (χ1v) is 8.68. The number of nitrogens with one attached hydrogen (secondary N) is 2. The molecule has 1 saturated carbocycles. The molecule has 1 rings (SSSR count). The van der Waals surface area contributed by atoms with Gasteiger partial charge in [-0.25, -0.2) is 4.79 Å². The van der Waals surface area contributed by atoms with Crippen LogP contribution < -0.4 is 10.6 Å². The minimum Gasteiger partial charge on any atom is -0.481 e. The van der Waals surface area contributed by atoms with Gasteiger partial charge in [0.15, 0.2) is 0 Å². The molecule has 0 radical (unpaired) electrons. The molecule has 0 aliphatic heterocycles. The predicted octanol–water partition coefficient (Wildman–Crippen LogP) is 0.944. The lowest BCUT2D eigenvalue weighted by Gasteiger charge is -2.26. The number of hydrogen-bond acceptors (Lipinski definition) is 3. The first kappa shape index (κ1) is 16.9. The zero-order valence-corrected chi connectivity index (χ0v) is 12.9. The van der Waals surface area contributed by atoms with Crippen LogP contribution in [0.15, 0.2) is 0 Å². The molecular weight excluding hydrogens is 280 g/mol. The normalized spacial score (nSPS) is 25.5. The van der Waals surface area contributed by atoms with Crippen molar-refractivity contribution in [3.05, 3.63) is 0 Å². The summed E-state index contributed by atoms with van der Waals surface area (Å²) in [5, 5.41) is 14.5. The number of amides is 2. The Balaban J connectivity index is 2.19. The number of urea groups is 1. The third-order valence-electron chi connectivity index (χ3n) is 3.61. The van der Waals surface area contributed by atoms with E-state index in [9.17, 15) is 13.8 Å². The fourth-order valence-corrected chi connectivity index (χ4v) is 3.31. The standard InChI is InChI=1S/C13H24N2O4S/c1-9(8-20(2)19)15-13(18)14-7-10-3-5-11(6-4-10)12(16)17/h9-11H,3-8H2,1-2H3,(H,16,17)(H2,14,15,18). The highest BCUT2D eigenvalue weighted by molar-refractivity contribution is 7.84. The Labute approximate surface area is 122 Å². The number of hydrogen-bond donors (Lipinski definition) is 3. The van der Waals surface area contributed by atoms with Gasteiger partial charge in [0.2, 0.25) is 0 Å². The maximum atomic E-state index is 11.6. The summed E-state index contributed by atoms with van der Waals surface area (Å²) in [6.45, 7) is 2.39. The first-order chi connectivity index (χ1) is 9.38. The Hall–Kier alpha value is -1.11. The van der Waals surface area contributed by atoms with E-state index in [1.807, 2.05) is 6.92 Å². The minimum absolute atomic E-state index is 0.122. The molecule has 2 atom stereocenters. The maximum absolute atomic E-state index is 11.6. The fraction of sp³-hybridized carbons (Fsp3) is 0.846. The number of carboxylic acid groups (broad SMARTS) is 1. The summed E-state index contributed by atoms with van der Waals surface area (Å²) in [5.74, 6) is -0.140. The highest BCUT2D eigenvalue weighted by Crippen LogP contribution is 2.28. The molecule has 1 aliphatic rings. The van der Waals surface area contributed by atoms with Crippen molar-refractivity contribution in [2.75, 3.05) is 18.6 Å². The zero-order valence-electron chi connectivity index (χ0n) is 12.1. The molecule has 1 aliphatic carbocycles. The average molecular weight is 304 g/mol. The van der Waals surface area contributed by atoms with E-state index in [1.54, 1.807) is 6.26 Å². The lowest BCUT2D eigenvalue weighted by molar-refractivity contribution is -0.143. The summed E-state index contributed by atoms with van der Waals surface area (Å²) in [6.07, 6.45) is 4.66. The van der Waals surface area contributed by atoms with Gasteiger partial charge in [-0.1, -0.05) is 0 Å². The Bertz CT molecular complexity index is 367. The van der Waals surface area contributed by atoms with E-state index in [0.29, 0.717) is 31.1 Å². The van der Waals surface area contributed by atoms with Gasteiger partial charge in [0.05, 0.1) is 5.92 Å².